The number of sulfonamides is 1. The fourth-order valence-corrected chi connectivity index (χ4v) is 3.26. The van der Waals surface area contributed by atoms with Gasteiger partial charge in [0.05, 0.1) is 19.0 Å². The van der Waals surface area contributed by atoms with Gasteiger partial charge < -0.3 is 10.5 Å². The first kappa shape index (κ1) is 15.2. The molecular formula is C13H21N3O3S. The number of anilines is 1. The fraction of sp³-hybridized carbons (Fsp3) is 0.538. The molecule has 1 aromatic carbocycles. The number of rotatable bonds is 6. The van der Waals surface area contributed by atoms with Gasteiger partial charge in [-0.2, -0.15) is 0 Å². The van der Waals surface area contributed by atoms with Crippen LogP contribution in [0.5, 0.6) is 0 Å². The quantitative estimate of drug-likeness (QED) is 0.724. The molecule has 1 aliphatic rings. The third-order valence-corrected chi connectivity index (χ3v) is 4.52. The van der Waals surface area contributed by atoms with Gasteiger partial charge in [-0.15, -0.1) is 0 Å². The minimum Gasteiger partial charge on any atom is -0.399 e. The van der Waals surface area contributed by atoms with Crippen molar-refractivity contribution in [3.63, 3.8) is 0 Å². The molecule has 0 spiro atoms. The molecule has 0 saturated carbocycles. The Kier molecular flexibility index (Phi) is 5.36. The highest BCUT2D eigenvalue weighted by Crippen LogP contribution is 2.09. The number of nitrogens with zero attached hydrogens (tertiary/aromatic N) is 1. The van der Waals surface area contributed by atoms with Crippen LogP contribution in [-0.2, 0) is 20.5 Å². The first-order valence-corrected chi connectivity index (χ1v) is 8.32. The summed E-state index contributed by atoms with van der Waals surface area (Å²) < 4.78 is 31.8. The predicted octanol–water partition coefficient (Wildman–Crippen LogP) is 0.0204. The minimum absolute atomic E-state index is 0.0405. The van der Waals surface area contributed by atoms with Crippen molar-refractivity contribution in [2.24, 2.45) is 0 Å². The van der Waals surface area contributed by atoms with Crippen molar-refractivity contribution in [2.75, 3.05) is 45.1 Å². The minimum atomic E-state index is -3.32. The monoisotopic (exact) mass is 299 g/mol. The third-order valence-electron chi connectivity index (χ3n) is 3.16. The Morgan fingerprint density at radius 3 is 2.75 bits per heavy atom. The normalized spacial score (nSPS) is 17.2. The molecule has 0 amide bonds. The number of morpholine rings is 1. The van der Waals surface area contributed by atoms with Crippen molar-refractivity contribution < 1.29 is 13.2 Å². The lowest BCUT2D eigenvalue weighted by Crippen LogP contribution is -2.41. The summed E-state index contributed by atoms with van der Waals surface area (Å²) >= 11 is 0. The van der Waals surface area contributed by atoms with Gasteiger partial charge in [0.2, 0.25) is 10.0 Å². The molecule has 1 saturated heterocycles. The molecule has 0 atom stereocenters. The summed E-state index contributed by atoms with van der Waals surface area (Å²) in [6.07, 6.45) is 0. The molecule has 1 aromatic rings. The summed E-state index contributed by atoms with van der Waals surface area (Å²) in [5, 5.41) is 0. The van der Waals surface area contributed by atoms with Crippen molar-refractivity contribution >= 4 is 15.7 Å². The van der Waals surface area contributed by atoms with Gasteiger partial charge in [-0.25, -0.2) is 13.1 Å². The van der Waals surface area contributed by atoms with Gasteiger partial charge >= 0.3 is 0 Å². The molecule has 0 aliphatic carbocycles. The van der Waals surface area contributed by atoms with Crippen LogP contribution in [0.15, 0.2) is 24.3 Å². The molecule has 1 fully saturated rings. The number of hydrogen-bond donors (Lipinski definition) is 2. The molecular weight excluding hydrogens is 278 g/mol. The van der Waals surface area contributed by atoms with E-state index in [1.807, 2.05) is 0 Å². The number of hydrogen-bond acceptors (Lipinski definition) is 5. The molecule has 112 valence electrons. The number of nitrogens with one attached hydrogen (secondary N) is 1. The second kappa shape index (κ2) is 7.03. The zero-order valence-corrected chi connectivity index (χ0v) is 12.2. The van der Waals surface area contributed by atoms with Gasteiger partial charge in [-0.1, -0.05) is 12.1 Å². The van der Waals surface area contributed by atoms with Gasteiger partial charge in [0.1, 0.15) is 0 Å². The second-order valence-electron chi connectivity index (χ2n) is 4.85. The van der Waals surface area contributed by atoms with Crippen LogP contribution >= 0.6 is 0 Å². The number of nitrogen functional groups attached to an aromatic ring is 1. The van der Waals surface area contributed by atoms with Crippen LogP contribution < -0.4 is 10.5 Å². The fourth-order valence-electron chi connectivity index (χ4n) is 2.14. The first-order valence-electron chi connectivity index (χ1n) is 6.67. The maximum Gasteiger partial charge on any atom is 0.215 e. The van der Waals surface area contributed by atoms with Gasteiger partial charge in [0.15, 0.2) is 0 Å². The van der Waals surface area contributed by atoms with E-state index < -0.39 is 10.0 Å². The van der Waals surface area contributed by atoms with E-state index in [4.69, 9.17) is 10.5 Å². The Hall–Kier alpha value is -1.15. The lowest BCUT2D eigenvalue weighted by Gasteiger charge is -2.26. The summed E-state index contributed by atoms with van der Waals surface area (Å²) in [7, 11) is -3.32. The molecule has 1 aliphatic heterocycles. The molecule has 3 N–H and O–H groups in total. The SMILES string of the molecule is Nc1cccc(CS(=O)(=O)NCCN2CCOCC2)c1. The number of ether oxygens (including phenoxy) is 1. The molecule has 1 heterocycles. The van der Waals surface area contributed by atoms with Crippen molar-refractivity contribution in [3.8, 4) is 0 Å². The Labute approximate surface area is 120 Å². The van der Waals surface area contributed by atoms with Crippen molar-refractivity contribution in [2.45, 2.75) is 5.75 Å². The highest BCUT2D eigenvalue weighted by Gasteiger charge is 2.14. The smallest absolute Gasteiger partial charge is 0.215 e. The van der Waals surface area contributed by atoms with E-state index in [0.29, 0.717) is 24.3 Å². The average Bonchev–Trinajstić information content (AvgIpc) is 2.39. The second-order valence-corrected chi connectivity index (χ2v) is 6.66. The summed E-state index contributed by atoms with van der Waals surface area (Å²) in [4.78, 5) is 2.19. The van der Waals surface area contributed by atoms with E-state index >= 15 is 0 Å². The molecule has 0 bridgehead atoms. The van der Waals surface area contributed by atoms with Crippen LogP contribution in [-0.4, -0.2) is 52.7 Å². The highest BCUT2D eigenvalue weighted by atomic mass is 32.2. The molecule has 6 nitrogen and oxygen atoms in total. The molecule has 7 heteroatoms. The van der Waals surface area contributed by atoms with Gasteiger partial charge in [0.25, 0.3) is 0 Å². The van der Waals surface area contributed by atoms with E-state index in [9.17, 15) is 8.42 Å². The van der Waals surface area contributed by atoms with Crippen LogP contribution in [0.3, 0.4) is 0 Å². The van der Waals surface area contributed by atoms with Crippen LogP contribution in [0, 0.1) is 0 Å². The summed E-state index contributed by atoms with van der Waals surface area (Å²) in [6.45, 7) is 4.28. The van der Waals surface area contributed by atoms with E-state index in [1.165, 1.54) is 0 Å². The summed E-state index contributed by atoms with van der Waals surface area (Å²) in [6, 6.07) is 6.94. The molecule has 0 unspecified atom stereocenters. The van der Waals surface area contributed by atoms with Crippen LogP contribution in [0.25, 0.3) is 0 Å². The molecule has 20 heavy (non-hydrogen) atoms. The molecule has 0 radical (unpaired) electrons. The number of benzene rings is 1. The van der Waals surface area contributed by atoms with Crippen molar-refractivity contribution in [1.29, 1.82) is 0 Å². The van der Waals surface area contributed by atoms with Crippen LogP contribution in [0.2, 0.25) is 0 Å². The van der Waals surface area contributed by atoms with Crippen molar-refractivity contribution in [1.82, 2.24) is 9.62 Å². The first-order chi connectivity index (χ1) is 9.55. The average molecular weight is 299 g/mol. The predicted molar refractivity (Wildman–Crippen MR) is 78.7 cm³/mol. The van der Waals surface area contributed by atoms with Gasteiger partial charge in [0, 0.05) is 31.9 Å². The Balaban J connectivity index is 1.78. The summed E-state index contributed by atoms with van der Waals surface area (Å²) in [5.41, 5.74) is 6.91. The molecule has 0 aromatic heterocycles. The van der Waals surface area contributed by atoms with Gasteiger partial charge in [-0.05, 0) is 17.7 Å². The van der Waals surface area contributed by atoms with E-state index in [0.717, 1.165) is 26.3 Å². The van der Waals surface area contributed by atoms with E-state index in [-0.39, 0.29) is 5.75 Å². The largest absolute Gasteiger partial charge is 0.399 e. The van der Waals surface area contributed by atoms with Crippen LogP contribution in [0.4, 0.5) is 5.69 Å². The third kappa shape index (κ3) is 5.09. The lowest BCUT2D eigenvalue weighted by molar-refractivity contribution is 0.0390. The maximum atomic E-state index is 12.0. The number of nitrogens with two attached hydrogens (primary N) is 1. The Morgan fingerprint density at radius 2 is 2.05 bits per heavy atom. The van der Waals surface area contributed by atoms with Crippen LogP contribution in [0.1, 0.15) is 5.56 Å². The lowest BCUT2D eigenvalue weighted by atomic mass is 10.2. The zero-order valence-electron chi connectivity index (χ0n) is 11.4. The van der Waals surface area contributed by atoms with Gasteiger partial charge in [-0.3, -0.25) is 4.90 Å². The Bertz CT molecular complexity index is 527. The highest BCUT2D eigenvalue weighted by molar-refractivity contribution is 7.88. The Morgan fingerprint density at radius 1 is 1.30 bits per heavy atom. The standard InChI is InChI=1S/C13H21N3O3S/c14-13-3-1-2-12(10-13)11-20(17,18)15-4-5-16-6-8-19-9-7-16/h1-3,10,15H,4-9,11,14H2. The summed E-state index contributed by atoms with van der Waals surface area (Å²) in [5.74, 6) is -0.0405. The topological polar surface area (TPSA) is 84.7 Å². The van der Waals surface area contributed by atoms with E-state index in [1.54, 1.807) is 24.3 Å². The maximum absolute atomic E-state index is 12.0. The zero-order chi connectivity index (χ0) is 14.4. The van der Waals surface area contributed by atoms with Crippen molar-refractivity contribution in [3.05, 3.63) is 29.8 Å². The molecule has 2 rings (SSSR count). The van der Waals surface area contributed by atoms with E-state index in [2.05, 4.69) is 9.62 Å².